The van der Waals surface area contributed by atoms with Crippen LogP contribution in [0.5, 0.6) is 0 Å². The third kappa shape index (κ3) is 3.67. The summed E-state index contributed by atoms with van der Waals surface area (Å²) in [6.07, 6.45) is 12.8. The second kappa shape index (κ2) is 7.65. The normalized spacial score (nSPS) is 34.6. The zero-order valence-electron chi connectivity index (χ0n) is 12.5. The van der Waals surface area contributed by atoms with Gasteiger partial charge >= 0.3 is 0 Å². The predicted molar refractivity (Wildman–Crippen MR) is 84.2 cm³/mol. The maximum absolute atomic E-state index is 12.7. The number of hydrogen-bond donors (Lipinski definition) is 1. The Labute approximate surface area is 129 Å². The van der Waals surface area contributed by atoms with E-state index in [9.17, 15) is 4.79 Å². The smallest absolute Gasteiger partial charge is 0.239 e. The molecule has 1 aliphatic carbocycles. The van der Waals surface area contributed by atoms with Gasteiger partial charge in [0.05, 0.1) is 6.04 Å². The first-order valence-corrected chi connectivity index (χ1v) is 8.39. The molecular formula is C16H29ClN2O. The van der Waals surface area contributed by atoms with E-state index < -0.39 is 0 Å². The number of nitrogens with zero attached hydrogens (tertiary/aromatic N) is 1. The van der Waals surface area contributed by atoms with Crippen LogP contribution in [0.2, 0.25) is 0 Å². The summed E-state index contributed by atoms with van der Waals surface area (Å²) in [5.74, 6) is 1.17. The van der Waals surface area contributed by atoms with Gasteiger partial charge in [-0.25, -0.2) is 0 Å². The molecule has 3 fully saturated rings. The number of carbonyl (C=O) groups excluding carboxylic acids is 1. The van der Waals surface area contributed by atoms with Crippen LogP contribution < -0.4 is 5.32 Å². The fourth-order valence-electron chi connectivity index (χ4n) is 4.20. The second-order valence-electron chi connectivity index (χ2n) is 6.70. The Balaban J connectivity index is 0.00000147. The van der Waals surface area contributed by atoms with Crippen molar-refractivity contribution in [1.29, 1.82) is 0 Å². The van der Waals surface area contributed by atoms with Gasteiger partial charge in [-0.05, 0) is 38.0 Å². The number of amides is 1. The van der Waals surface area contributed by atoms with Crippen LogP contribution in [-0.4, -0.2) is 36.0 Å². The number of rotatable bonds is 1. The summed E-state index contributed by atoms with van der Waals surface area (Å²) in [4.78, 5) is 14.8. The summed E-state index contributed by atoms with van der Waals surface area (Å²) in [5.41, 5.74) is 0. The van der Waals surface area contributed by atoms with Gasteiger partial charge in [0, 0.05) is 19.1 Å². The lowest BCUT2D eigenvalue weighted by Crippen LogP contribution is -2.46. The topological polar surface area (TPSA) is 32.3 Å². The number of halogens is 1. The standard InChI is InChI=1S/C16H28N2O.ClH/c19-16(18-10-6-2-1-3-7-11-18)15-12-13-8-4-5-9-14(13)17-15;/h13-15,17H,1-12H2;1H. The second-order valence-corrected chi connectivity index (χ2v) is 6.70. The first-order valence-electron chi connectivity index (χ1n) is 8.39. The molecule has 3 aliphatic rings. The number of hydrogen-bond acceptors (Lipinski definition) is 2. The predicted octanol–water partition coefficient (Wildman–Crippen LogP) is 3.12. The lowest BCUT2D eigenvalue weighted by Gasteiger charge is -2.27. The summed E-state index contributed by atoms with van der Waals surface area (Å²) in [5, 5.41) is 3.63. The minimum Gasteiger partial charge on any atom is -0.341 e. The molecular weight excluding hydrogens is 272 g/mol. The molecule has 2 heterocycles. The van der Waals surface area contributed by atoms with Crippen LogP contribution in [0.15, 0.2) is 0 Å². The van der Waals surface area contributed by atoms with Crippen LogP contribution in [0, 0.1) is 5.92 Å². The van der Waals surface area contributed by atoms with Crippen molar-refractivity contribution in [3.63, 3.8) is 0 Å². The lowest BCUT2D eigenvalue weighted by atomic mass is 9.85. The average molecular weight is 301 g/mol. The summed E-state index contributed by atoms with van der Waals surface area (Å²) in [6.45, 7) is 1.98. The van der Waals surface area contributed by atoms with Gasteiger partial charge in [0.1, 0.15) is 0 Å². The van der Waals surface area contributed by atoms with Crippen molar-refractivity contribution in [1.82, 2.24) is 10.2 Å². The van der Waals surface area contributed by atoms with Gasteiger partial charge in [-0.1, -0.05) is 32.1 Å². The number of carbonyl (C=O) groups is 1. The highest BCUT2D eigenvalue weighted by molar-refractivity contribution is 5.85. The Morgan fingerprint density at radius 2 is 1.55 bits per heavy atom. The number of nitrogens with one attached hydrogen (secondary N) is 1. The van der Waals surface area contributed by atoms with Crippen molar-refractivity contribution in [3.05, 3.63) is 0 Å². The fraction of sp³-hybridized carbons (Fsp3) is 0.938. The Hall–Kier alpha value is -0.280. The third-order valence-corrected chi connectivity index (χ3v) is 5.33. The summed E-state index contributed by atoms with van der Waals surface area (Å²) >= 11 is 0. The van der Waals surface area contributed by atoms with Crippen LogP contribution in [0.3, 0.4) is 0 Å². The molecule has 3 nitrogen and oxygen atoms in total. The lowest BCUT2D eigenvalue weighted by molar-refractivity contribution is -0.133. The highest BCUT2D eigenvalue weighted by atomic mass is 35.5. The van der Waals surface area contributed by atoms with Gasteiger partial charge in [0.2, 0.25) is 5.91 Å². The first-order chi connectivity index (χ1) is 9.34. The Kier molecular flexibility index (Phi) is 6.16. The van der Waals surface area contributed by atoms with E-state index in [4.69, 9.17) is 0 Å². The summed E-state index contributed by atoms with van der Waals surface area (Å²) in [6, 6.07) is 0.769. The van der Waals surface area contributed by atoms with E-state index in [0.29, 0.717) is 11.9 Å². The van der Waals surface area contributed by atoms with Crippen molar-refractivity contribution >= 4 is 18.3 Å². The van der Waals surface area contributed by atoms with E-state index in [1.54, 1.807) is 0 Å². The maximum Gasteiger partial charge on any atom is 0.239 e. The van der Waals surface area contributed by atoms with Crippen LogP contribution in [0.4, 0.5) is 0 Å². The molecule has 2 aliphatic heterocycles. The van der Waals surface area contributed by atoms with Crippen molar-refractivity contribution in [2.45, 2.75) is 76.3 Å². The molecule has 3 unspecified atom stereocenters. The van der Waals surface area contributed by atoms with Crippen molar-refractivity contribution in [2.24, 2.45) is 5.92 Å². The molecule has 2 saturated heterocycles. The molecule has 0 aromatic carbocycles. The Morgan fingerprint density at radius 3 is 2.25 bits per heavy atom. The van der Waals surface area contributed by atoms with Crippen LogP contribution in [0.25, 0.3) is 0 Å². The summed E-state index contributed by atoms with van der Waals surface area (Å²) < 4.78 is 0. The number of fused-ring (bicyclic) bond motifs is 1. The van der Waals surface area contributed by atoms with Crippen molar-refractivity contribution in [2.75, 3.05) is 13.1 Å². The first kappa shape index (κ1) is 16.1. The monoisotopic (exact) mass is 300 g/mol. The minimum absolute atomic E-state index is 0. The zero-order chi connectivity index (χ0) is 13.1. The molecule has 116 valence electrons. The molecule has 1 amide bonds. The molecule has 20 heavy (non-hydrogen) atoms. The van der Waals surface area contributed by atoms with Crippen molar-refractivity contribution in [3.8, 4) is 0 Å². The molecule has 0 bridgehead atoms. The largest absolute Gasteiger partial charge is 0.341 e. The van der Waals surface area contributed by atoms with Gasteiger partial charge in [-0.15, -0.1) is 12.4 Å². The molecule has 1 saturated carbocycles. The highest BCUT2D eigenvalue weighted by Crippen LogP contribution is 2.33. The molecule has 0 aromatic heterocycles. The van der Waals surface area contributed by atoms with E-state index in [0.717, 1.165) is 25.4 Å². The fourth-order valence-corrected chi connectivity index (χ4v) is 4.20. The minimum atomic E-state index is 0. The molecule has 3 atom stereocenters. The highest BCUT2D eigenvalue weighted by Gasteiger charge is 2.39. The molecule has 0 aromatic rings. The van der Waals surface area contributed by atoms with E-state index in [1.807, 2.05) is 0 Å². The zero-order valence-corrected chi connectivity index (χ0v) is 13.3. The maximum atomic E-state index is 12.7. The van der Waals surface area contributed by atoms with Crippen LogP contribution >= 0.6 is 12.4 Å². The average Bonchev–Trinajstić information content (AvgIpc) is 2.81. The van der Waals surface area contributed by atoms with E-state index in [2.05, 4.69) is 10.2 Å². The molecule has 4 heteroatoms. The molecule has 0 radical (unpaired) electrons. The molecule has 3 rings (SSSR count). The Bertz CT molecular complexity index is 302. The van der Waals surface area contributed by atoms with Gasteiger partial charge in [0.15, 0.2) is 0 Å². The van der Waals surface area contributed by atoms with E-state index >= 15 is 0 Å². The van der Waals surface area contributed by atoms with Crippen molar-refractivity contribution < 1.29 is 4.79 Å². The number of likely N-dealkylation sites (tertiary alicyclic amines) is 1. The summed E-state index contributed by atoms with van der Waals surface area (Å²) in [7, 11) is 0. The van der Waals surface area contributed by atoms with Crippen LogP contribution in [0.1, 0.15) is 64.2 Å². The SMILES string of the molecule is Cl.O=C(C1CC2CCCCC2N1)N1CCCCCCC1. The molecule has 1 N–H and O–H groups in total. The van der Waals surface area contributed by atoms with E-state index in [1.165, 1.54) is 57.8 Å². The quantitative estimate of drug-likeness (QED) is 0.807. The van der Waals surface area contributed by atoms with Gasteiger partial charge < -0.3 is 10.2 Å². The van der Waals surface area contributed by atoms with Gasteiger partial charge in [0.25, 0.3) is 0 Å². The third-order valence-electron chi connectivity index (χ3n) is 5.33. The Morgan fingerprint density at radius 1 is 0.900 bits per heavy atom. The van der Waals surface area contributed by atoms with E-state index in [-0.39, 0.29) is 18.4 Å². The van der Waals surface area contributed by atoms with Crippen LogP contribution in [-0.2, 0) is 4.79 Å². The molecule has 0 spiro atoms. The van der Waals surface area contributed by atoms with Gasteiger partial charge in [-0.3, -0.25) is 4.79 Å². The van der Waals surface area contributed by atoms with Gasteiger partial charge in [-0.2, -0.15) is 0 Å².